The summed E-state index contributed by atoms with van der Waals surface area (Å²) in [5.41, 5.74) is 1.96. The van der Waals surface area contributed by atoms with Gasteiger partial charge in [-0.25, -0.2) is 9.50 Å². The Morgan fingerprint density at radius 1 is 1.31 bits per heavy atom. The van der Waals surface area contributed by atoms with Crippen LogP contribution < -0.4 is 0 Å². The Morgan fingerprint density at radius 3 is 2.56 bits per heavy atom. The van der Waals surface area contributed by atoms with Crippen LogP contribution in [0.4, 0.5) is 0 Å². The topological polar surface area (TPSA) is 30.2 Å². The molecule has 2 rings (SSSR count). The van der Waals surface area contributed by atoms with Gasteiger partial charge in [-0.2, -0.15) is 0 Å². The molecule has 16 heavy (non-hydrogen) atoms. The Balaban J connectivity index is 2.66. The summed E-state index contributed by atoms with van der Waals surface area (Å²) in [5.74, 6) is 0.822. The normalized spacial score (nSPS) is 12.3. The molecule has 0 spiro atoms. The van der Waals surface area contributed by atoms with Crippen LogP contribution in [0.1, 0.15) is 39.1 Å². The smallest absolute Gasteiger partial charge is 0.157 e. The molecule has 0 fully saturated rings. The quantitative estimate of drug-likeness (QED) is 0.713. The monoisotopic (exact) mass is 237 g/mol. The van der Waals surface area contributed by atoms with Gasteiger partial charge in [-0.15, -0.1) is 5.10 Å². The number of aryl methyl sites for hydroxylation is 1. The first-order valence-corrected chi connectivity index (χ1v) is 5.85. The summed E-state index contributed by atoms with van der Waals surface area (Å²) >= 11 is 6.16. The summed E-state index contributed by atoms with van der Waals surface area (Å²) in [6.45, 7) is 8.38. The number of hydrogen-bond donors (Lipinski definition) is 0. The van der Waals surface area contributed by atoms with Crippen molar-refractivity contribution in [1.29, 1.82) is 0 Å². The minimum atomic E-state index is -0.0538. The van der Waals surface area contributed by atoms with Crippen molar-refractivity contribution in [1.82, 2.24) is 14.6 Å². The number of fused-ring (bicyclic) bond motifs is 1. The van der Waals surface area contributed by atoms with Crippen molar-refractivity contribution in [3.63, 3.8) is 0 Å². The molecule has 0 saturated carbocycles. The van der Waals surface area contributed by atoms with Crippen LogP contribution in [0.3, 0.4) is 0 Å². The summed E-state index contributed by atoms with van der Waals surface area (Å²) in [4.78, 5) is 4.52. The summed E-state index contributed by atoms with van der Waals surface area (Å²) in [7, 11) is 0. The third-order valence-electron chi connectivity index (χ3n) is 2.53. The van der Waals surface area contributed by atoms with Gasteiger partial charge in [0.25, 0.3) is 0 Å². The Kier molecular flexibility index (Phi) is 2.66. The molecule has 4 heteroatoms. The predicted octanol–water partition coefficient (Wildman–Crippen LogP) is 3.24. The molecule has 2 heterocycles. The highest BCUT2D eigenvalue weighted by atomic mass is 35.5. The van der Waals surface area contributed by atoms with Gasteiger partial charge in [-0.3, -0.25) is 0 Å². The van der Waals surface area contributed by atoms with Crippen LogP contribution >= 0.6 is 11.6 Å². The SMILES string of the molecule is CCc1cc(Cl)n2nc(C(C)(C)C)nc2c1. The van der Waals surface area contributed by atoms with Crippen molar-refractivity contribution in [2.75, 3.05) is 0 Å². The van der Waals surface area contributed by atoms with Crippen LogP contribution in [0.15, 0.2) is 12.1 Å². The zero-order chi connectivity index (χ0) is 11.9. The maximum atomic E-state index is 6.16. The van der Waals surface area contributed by atoms with E-state index in [-0.39, 0.29) is 5.41 Å². The Labute approximate surface area is 100 Å². The molecule has 0 N–H and O–H groups in total. The highest BCUT2D eigenvalue weighted by Crippen LogP contribution is 2.22. The van der Waals surface area contributed by atoms with Gasteiger partial charge in [0.05, 0.1) is 0 Å². The number of rotatable bonds is 1. The highest BCUT2D eigenvalue weighted by Gasteiger charge is 2.20. The molecule has 86 valence electrons. The molecule has 0 aromatic carbocycles. The number of pyridine rings is 1. The third-order valence-corrected chi connectivity index (χ3v) is 2.80. The van der Waals surface area contributed by atoms with Gasteiger partial charge < -0.3 is 0 Å². The molecule has 2 aromatic heterocycles. The number of hydrogen-bond acceptors (Lipinski definition) is 2. The Bertz CT molecular complexity index is 523. The summed E-state index contributed by atoms with van der Waals surface area (Å²) in [5, 5.41) is 5.06. The molecule has 2 aromatic rings. The number of aromatic nitrogens is 3. The molecule has 0 aliphatic carbocycles. The van der Waals surface area contributed by atoms with Gasteiger partial charge in [0.1, 0.15) is 5.15 Å². The largest absolute Gasteiger partial charge is 0.211 e. The Morgan fingerprint density at radius 2 is 2.00 bits per heavy atom. The van der Waals surface area contributed by atoms with Crippen LogP contribution in [0.25, 0.3) is 5.65 Å². The first-order chi connectivity index (χ1) is 7.41. The van der Waals surface area contributed by atoms with Gasteiger partial charge >= 0.3 is 0 Å². The first-order valence-electron chi connectivity index (χ1n) is 5.47. The molecule has 0 bridgehead atoms. The first kappa shape index (κ1) is 11.4. The lowest BCUT2D eigenvalue weighted by Crippen LogP contribution is -2.13. The van der Waals surface area contributed by atoms with E-state index in [9.17, 15) is 0 Å². The molecular formula is C12H16ClN3. The maximum absolute atomic E-state index is 6.16. The fraction of sp³-hybridized carbons (Fsp3) is 0.500. The molecular weight excluding hydrogens is 222 g/mol. The zero-order valence-electron chi connectivity index (χ0n) is 10.1. The highest BCUT2D eigenvalue weighted by molar-refractivity contribution is 6.29. The van der Waals surface area contributed by atoms with Gasteiger partial charge in [-0.1, -0.05) is 39.3 Å². The second-order valence-corrected chi connectivity index (χ2v) is 5.38. The standard InChI is InChI=1S/C12H16ClN3/c1-5-8-6-9(13)16-10(7-8)14-11(15-16)12(2,3)4/h6-7H,5H2,1-4H3. The van der Waals surface area contributed by atoms with Crippen LogP contribution in [0, 0.1) is 0 Å². The minimum absolute atomic E-state index is 0.0538. The molecule has 0 atom stereocenters. The van der Waals surface area contributed by atoms with Crippen LogP contribution in [0.2, 0.25) is 5.15 Å². The van der Waals surface area contributed by atoms with Crippen molar-refractivity contribution < 1.29 is 0 Å². The lowest BCUT2D eigenvalue weighted by Gasteiger charge is -2.11. The van der Waals surface area contributed by atoms with Crippen molar-refractivity contribution in [2.45, 2.75) is 39.5 Å². The second-order valence-electron chi connectivity index (χ2n) is 5.00. The van der Waals surface area contributed by atoms with E-state index in [2.05, 4.69) is 37.8 Å². The molecule has 3 nitrogen and oxygen atoms in total. The van der Waals surface area contributed by atoms with E-state index in [0.29, 0.717) is 5.15 Å². The van der Waals surface area contributed by atoms with E-state index < -0.39 is 0 Å². The van der Waals surface area contributed by atoms with Gasteiger partial charge in [0.2, 0.25) is 0 Å². The third kappa shape index (κ3) is 1.92. The average Bonchev–Trinajstić information content (AvgIpc) is 2.61. The summed E-state index contributed by atoms with van der Waals surface area (Å²) in [6.07, 6.45) is 0.952. The molecule has 0 radical (unpaired) electrons. The van der Waals surface area contributed by atoms with E-state index in [0.717, 1.165) is 17.9 Å². The fourth-order valence-electron chi connectivity index (χ4n) is 1.52. The number of halogens is 1. The van der Waals surface area contributed by atoms with Crippen LogP contribution in [-0.2, 0) is 11.8 Å². The van der Waals surface area contributed by atoms with Crippen LogP contribution in [-0.4, -0.2) is 14.6 Å². The minimum Gasteiger partial charge on any atom is -0.211 e. The molecule has 0 aliphatic heterocycles. The number of nitrogens with zero attached hydrogens (tertiary/aromatic N) is 3. The Hall–Kier alpha value is -1.09. The van der Waals surface area contributed by atoms with E-state index >= 15 is 0 Å². The van der Waals surface area contributed by atoms with Gasteiger partial charge in [-0.05, 0) is 24.1 Å². The lowest BCUT2D eigenvalue weighted by molar-refractivity contribution is 0.545. The molecule has 0 aliphatic rings. The van der Waals surface area contributed by atoms with Gasteiger partial charge in [0.15, 0.2) is 11.5 Å². The summed E-state index contributed by atoms with van der Waals surface area (Å²) < 4.78 is 1.70. The van der Waals surface area contributed by atoms with Crippen LogP contribution in [0.5, 0.6) is 0 Å². The predicted molar refractivity (Wildman–Crippen MR) is 66.1 cm³/mol. The molecule has 0 unspecified atom stereocenters. The molecule has 0 amide bonds. The van der Waals surface area contributed by atoms with Gasteiger partial charge in [0, 0.05) is 5.41 Å². The van der Waals surface area contributed by atoms with E-state index in [1.165, 1.54) is 5.56 Å². The molecule has 0 saturated heterocycles. The second kappa shape index (κ2) is 3.74. The van der Waals surface area contributed by atoms with Crippen molar-refractivity contribution in [3.05, 3.63) is 28.7 Å². The van der Waals surface area contributed by atoms with Crippen molar-refractivity contribution in [2.24, 2.45) is 0 Å². The fourth-order valence-corrected chi connectivity index (χ4v) is 1.78. The average molecular weight is 238 g/mol. The van der Waals surface area contributed by atoms with E-state index in [1.807, 2.05) is 12.1 Å². The zero-order valence-corrected chi connectivity index (χ0v) is 10.8. The van der Waals surface area contributed by atoms with Crippen molar-refractivity contribution >= 4 is 17.2 Å². The maximum Gasteiger partial charge on any atom is 0.157 e. The van der Waals surface area contributed by atoms with E-state index in [1.54, 1.807) is 4.52 Å². The van der Waals surface area contributed by atoms with Crippen molar-refractivity contribution in [3.8, 4) is 0 Å². The van der Waals surface area contributed by atoms with E-state index in [4.69, 9.17) is 11.6 Å². The summed E-state index contributed by atoms with van der Waals surface area (Å²) in [6, 6.07) is 3.98. The lowest BCUT2D eigenvalue weighted by atomic mass is 9.96.